The van der Waals surface area contributed by atoms with E-state index in [1.807, 2.05) is 33.9 Å². The monoisotopic (exact) mass is 1150 g/mol. The maximum Gasteiger partial charge on any atom is 0.472 e. The molecule has 23 nitrogen and oxygen atoms in total. The summed E-state index contributed by atoms with van der Waals surface area (Å²) in [5, 5.41) is 28.5. The Morgan fingerprint density at radius 1 is 0.696 bits per heavy atom. The Labute approximate surface area is 461 Å². The number of benzene rings is 3. The number of rotatable bonds is 35. The fraction of sp³-hybridized carbons (Fsp3) is 0.556. The Balaban J connectivity index is 1.02. The van der Waals surface area contributed by atoms with Crippen molar-refractivity contribution >= 4 is 57.0 Å². The third-order valence-electron chi connectivity index (χ3n) is 12.1. The quantitative estimate of drug-likeness (QED) is 0.00858. The molecule has 0 bridgehead atoms. The lowest BCUT2D eigenvalue weighted by atomic mass is 9.90. The maximum absolute atomic E-state index is 13.0. The predicted octanol–water partition coefficient (Wildman–Crippen LogP) is 7.42. The van der Waals surface area contributed by atoms with Crippen molar-refractivity contribution < 1.29 is 90.0 Å². The van der Waals surface area contributed by atoms with E-state index < -0.39 is 51.8 Å². The molecule has 1 heterocycles. The predicted molar refractivity (Wildman–Crippen MR) is 294 cm³/mol. The second-order valence-electron chi connectivity index (χ2n) is 20.7. The van der Waals surface area contributed by atoms with Crippen LogP contribution in [-0.2, 0) is 56.0 Å². The van der Waals surface area contributed by atoms with Gasteiger partial charge in [0.1, 0.15) is 35.4 Å². The summed E-state index contributed by atoms with van der Waals surface area (Å²) >= 11 is 0. The third-order valence-corrected chi connectivity index (χ3v) is 17.6. The molecule has 2 aromatic rings. The van der Waals surface area contributed by atoms with Crippen molar-refractivity contribution in [3.63, 3.8) is 0 Å². The Morgan fingerprint density at radius 3 is 2.00 bits per heavy atom. The number of carboxylic acids is 1. The molecule has 0 saturated carbocycles. The summed E-state index contributed by atoms with van der Waals surface area (Å²) in [6.07, 6.45) is 0.663. The highest BCUT2D eigenvalue weighted by Crippen LogP contribution is 2.45. The van der Waals surface area contributed by atoms with Crippen LogP contribution >= 0.6 is 7.82 Å². The van der Waals surface area contributed by atoms with Gasteiger partial charge in [-0.1, -0.05) is 33.3 Å². The van der Waals surface area contributed by atoms with Gasteiger partial charge in [-0.3, -0.25) is 28.2 Å². The molecule has 3 amide bonds. The lowest BCUT2D eigenvalue weighted by Crippen LogP contribution is -2.46. The van der Waals surface area contributed by atoms with Crippen molar-refractivity contribution in [1.82, 2.24) is 16.0 Å². The van der Waals surface area contributed by atoms with E-state index in [1.165, 1.54) is 42.5 Å². The van der Waals surface area contributed by atoms with Gasteiger partial charge in [0, 0.05) is 66.7 Å². The largest absolute Gasteiger partial charge is 0.508 e. The number of ether oxygens (including phenoxy) is 6. The zero-order valence-electron chi connectivity index (χ0n) is 46.4. The van der Waals surface area contributed by atoms with Crippen LogP contribution in [0.5, 0.6) is 5.75 Å². The SMILES string of the molecule is CC(C)(C)OC(=O)NCCCCCC(=O)OC[C@H](COP(=O)(O)OCCNC(=O)CCOCCOCCOCCOCCNC(=O)c1ccc(-c2c3ccc(=O)cc-3oc3cc(O)ccc23)c(C(=O)O)c1)O[Si](C)(C)C(C)(C)C. The third kappa shape index (κ3) is 23.8. The molecule has 1 aliphatic heterocycles. The number of phosphoric ester groups is 1. The topological polar surface area (TPSA) is 312 Å². The van der Waals surface area contributed by atoms with Crippen molar-refractivity contribution in [3.05, 3.63) is 75.9 Å². The summed E-state index contributed by atoms with van der Waals surface area (Å²) in [7, 11) is -7.01. The van der Waals surface area contributed by atoms with Gasteiger partial charge in [0.25, 0.3) is 5.91 Å². The fourth-order valence-electron chi connectivity index (χ4n) is 7.19. The average Bonchev–Trinajstić information content (AvgIpc) is 3.36. The second kappa shape index (κ2) is 31.9. The molecule has 2 aromatic carbocycles. The van der Waals surface area contributed by atoms with Crippen LogP contribution in [0, 0.1) is 0 Å². The number of phosphoric acid groups is 1. The summed E-state index contributed by atoms with van der Waals surface area (Å²) in [6, 6.07) is 12.9. The van der Waals surface area contributed by atoms with E-state index in [9.17, 15) is 48.4 Å². The maximum atomic E-state index is 13.0. The molecule has 0 fully saturated rings. The molecule has 6 N–H and O–H groups in total. The summed E-state index contributed by atoms with van der Waals surface area (Å²) < 4.78 is 67.9. The van der Waals surface area contributed by atoms with E-state index in [0.717, 1.165) is 0 Å². The molecule has 1 aliphatic carbocycles. The molecule has 0 spiro atoms. The van der Waals surface area contributed by atoms with Crippen molar-refractivity contribution in [2.45, 2.75) is 103 Å². The first-order chi connectivity index (χ1) is 37.2. The highest BCUT2D eigenvalue weighted by Gasteiger charge is 2.40. The number of hydrogen-bond acceptors (Lipinski definition) is 18. The van der Waals surface area contributed by atoms with E-state index >= 15 is 0 Å². The number of alkyl carbamates (subject to hydrolysis) is 1. The Hall–Kier alpha value is -5.79. The highest BCUT2D eigenvalue weighted by molar-refractivity contribution is 7.47. The summed E-state index contributed by atoms with van der Waals surface area (Å²) in [4.78, 5) is 84.6. The number of fused-ring (bicyclic) bond motifs is 2. The first-order valence-corrected chi connectivity index (χ1v) is 30.5. The number of phenols is 1. The van der Waals surface area contributed by atoms with Crippen LogP contribution in [-0.4, -0.2) is 157 Å². The van der Waals surface area contributed by atoms with Crippen LogP contribution < -0.4 is 21.4 Å². The summed E-state index contributed by atoms with van der Waals surface area (Å²) in [6.45, 7) is 16.8. The van der Waals surface area contributed by atoms with Crippen LogP contribution in [0.15, 0.2) is 63.8 Å². The normalized spacial score (nSPS) is 13.2. The smallest absolute Gasteiger partial charge is 0.472 e. The lowest BCUT2D eigenvalue weighted by molar-refractivity contribution is -0.147. The van der Waals surface area contributed by atoms with E-state index in [-0.39, 0.29) is 149 Å². The van der Waals surface area contributed by atoms with E-state index in [1.54, 1.807) is 32.9 Å². The number of aromatic carboxylic acids is 1. The van der Waals surface area contributed by atoms with Gasteiger partial charge in [-0.15, -0.1) is 0 Å². The molecule has 0 aromatic heterocycles. The Kier molecular flexibility index (Phi) is 26.5. The van der Waals surface area contributed by atoms with E-state index in [4.69, 9.17) is 46.3 Å². The first-order valence-electron chi connectivity index (χ1n) is 26.1. The summed E-state index contributed by atoms with van der Waals surface area (Å²) in [5.74, 6) is -2.48. The van der Waals surface area contributed by atoms with Crippen molar-refractivity contribution in [2.24, 2.45) is 0 Å². The zero-order valence-corrected chi connectivity index (χ0v) is 48.3. The molecular weight excluding hydrogens is 1070 g/mol. The Bertz CT molecular complexity index is 2700. The van der Waals surface area contributed by atoms with Crippen molar-refractivity contribution in [2.75, 3.05) is 92.3 Å². The van der Waals surface area contributed by atoms with Crippen LogP contribution in [0.1, 0.15) is 94.4 Å². The van der Waals surface area contributed by atoms with Crippen LogP contribution in [0.25, 0.3) is 33.4 Å². The van der Waals surface area contributed by atoms with Gasteiger partial charge in [0.2, 0.25) is 5.91 Å². The molecule has 4 rings (SSSR count). The second-order valence-corrected chi connectivity index (χ2v) is 26.9. The van der Waals surface area contributed by atoms with Gasteiger partial charge in [-0.25, -0.2) is 14.2 Å². The fourth-order valence-corrected chi connectivity index (χ4v) is 9.27. The number of amides is 3. The molecule has 79 heavy (non-hydrogen) atoms. The van der Waals surface area contributed by atoms with Crippen molar-refractivity contribution in [3.8, 4) is 28.2 Å². The van der Waals surface area contributed by atoms with Gasteiger partial charge < -0.3 is 68.3 Å². The number of carboxylic acid groups (broad SMARTS) is 1. The Morgan fingerprint density at radius 2 is 1.34 bits per heavy atom. The van der Waals surface area contributed by atoms with Crippen LogP contribution in [0.2, 0.25) is 18.1 Å². The van der Waals surface area contributed by atoms with E-state index in [0.29, 0.717) is 42.3 Å². The minimum atomic E-state index is -4.58. The number of carbonyl (C=O) groups excluding carboxylic acids is 4. The number of carbonyl (C=O) groups is 5. The molecule has 1 unspecified atom stereocenters. The number of hydrogen-bond donors (Lipinski definition) is 6. The number of nitrogens with one attached hydrogen (secondary N) is 3. The zero-order chi connectivity index (χ0) is 58.2. The number of phenolic OH excluding ortho intramolecular Hbond substituents is 1. The number of unbranched alkanes of at least 4 members (excludes halogenated alkanes) is 2. The van der Waals surface area contributed by atoms with Crippen LogP contribution in [0.3, 0.4) is 0 Å². The molecule has 0 radical (unpaired) electrons. The number of esters is 1. The molecule has 2 aliphatic rings. The molecular formula is C54H78N3O20PSi. The van der Waals surface area contributed by atoms with Gasteiger partial charge >= 0.3 is 25.9 Å². The lowest BCUT2D eigenvalue weighted by Gasteiger charge is -2.39. The average molecular weight is 1150 g/mol. The molecule has 25 heteroatoms. The number of aromatic hydroxyl groups is 1. The molecule has 2 atom stereocenters. The van der Waals surface area contributed by atoms with E-state index in [2.05, 4.69) is 16.0 Å². The van der Waals surface area contributed by atoms with Crippen molar-refractivity contribution in [1.29, 1.82) is 0 Å². The summed E-state index contributed by atoms with van der Waals surface area (Å²) in [5.41, 5.74) is 0.537. The van der Waals surface area contributed by atoms with Gasteiger partial charge in [-0.05, 0) is 93.7 Å². The van der Waals surface area contributed by atoms with Gasteiger partial charge in [0.15, 0.2) is 13.7 Å². The van der Waals surface area contributed by atoms with Gasteiger partial charge in [0.05, 0.1) is 71.6 Å². The van der Waals surface area contributed by atoms with Crippen LogP contribution in [0.4, 0.5) is 4.79 Å². The molecule has 438 valence electrons. The molecule has 0 saturated heterocycles. The standard InChI is InChI=1S/C54H78N3O20PSi/c1-53(2,3)76-52(65)57-20-11-9-10-12-48(61)72-35-40(77-79(7,8)54(4,5)6)36-74-78(66,67)73-25-22-55-47(60)19-23-68-26-28-70-30-31-71-29-27-69-24-21-56-50(62)37-13-16-41(44(32-37)51(63)64)49-42-17-14-38(58)33-45(42)75-46-34-39(59)15-18-43(46)49/h13-18,32-34,40,58H,9-12,19-31,35-36H2,1-8H3,(H,55,60)(H,56,62)(H,57,65)(H,63,64)(H,66,67)/t40-/m1/s1. The first kappa shape index (κ1) is 65.7. The van der Waals surface area contributed by atoms with Gasteiger partial charge in [-0.2, -0.15) is 0 Å². The minimum Gasteiger partial charge on any atom is -0.508 e. The minimum absolute atomic E-state index is 0.0251. The highest BCUT2D eigenvalue weighted by atomic mass is 31.2.